The van der Waals surface area contributed by atoms with E-state index in [9.17, 15) is 0 Å². The molecule has 1 N–H and O–H groups in total. The summed E-state index contributed by atoms with van der Waals surface area (Å²) >= 11 is 1.79. The van der Waals surface area contributed by atoms with E-state index in [4.69, 9.17) is 5.11 Å². The molecule has 3 heteroatoms. The highest BCUT2D eigenvalue weighted by molar-refractivity contribution is 7.10. The zero-order valence-corrected chi connectivity index (χ0v) is 13.4. The fourth-order valence-corrected chi connectivity index (χ4v) is 3.94. The third kappa shape index (κ3) is 4.34. The van der Waals surface area contributed by atoms with Crippen molar-refractivity contribution >= 4 is 11.3 Å². The summed E-state index contributed by atoms with van der Waals surface area (Å²) in [6.45, 7) is 3.56. The molecule has 1 aliphatic rings. The van der Waals surface area contributed by atoms with Crippen LogP contribution in [0, 0.1) is 17.8 Å². The van der Waals surface area contributed by atoms with Crippen molar-refractivity contribution in [2.75, 3.05) is 13.7 Å². The average Bonchev–Trinajstić information content (AvgIpc) is 2.87. The molecule has 2 unspecified atom stereocenters. The fraction of sp³-hybridized carbons (Fsp3) is 0.647. The highest BCUT2D eigenvalue weighted by atomic mass is 32.1. The Kier molecular flexibility index (Phi) is 6.09. The number of hydrogen-bond acceptors (Lipinski definition) is 3. The summed E-state index contributed by atoms with van der Waals surface area (Å²) < 4.78 is 0. The van der Waals surface area contributed by atoms with E-state index in [1.54, 1.807) is 11.3 Å². The van der Waals surface area contributed by atoms with Crippen LogP contribution in [-0.4, -0.2) is 29.7 Å². The molecule has 1 saturated carbocycles. The Morgan fingerprint density at radius 1 is 1.40 bits per heavy atom. The molecule has 110 valence electrons. The molecule has 1 fully saturated rings. The Bertz CT molecular complexity index is 471. The molecule has 20 heavy (non-hydrogen) atoms. The number of hydrogen-bond donors (Lipinski definition) is 1. The monoisotopic (exact) mass is 291 g/mol. The van der Waals surface area contributed by atoms with E-state index in [1.165, 1.54) is 30.6 Å². The summed E-state index contributed by atoms with van der Waals surface area (Å²) in [7, 11) is 2.25. The van der Waals surface area contributed by atoms with Crippen LogP contribution in [0.2, 0.25) is 0 Å². The van der Waals surface area contributed by atoms with Crippen LogP contribution in [0.5, 0.6) is 0 Å². The number of nitrogens with zero attached hydrogens (tertiary/aromatic N) is 1. The van der Waals surface area contributed by atoms with Gasteiger partial charge in [0, 0.05) is 34.8 Å². The van der Waals surface area contributed by atoms with Crippen molar-refractivity contribution in [3.05, 3.63) is 21.9 Å². The van der Waals surface area contributed by atoms with E-state index in [0.717, 1.165) is 24.1 Å². The maximum absolute atomic E-state index is 8.73. The van der Waals surface area contributed by atoms with Gasteiger partial charge in [0.1, 0.15) is 0 Å². The Morgan fingerprint density at radius 2 is 2.20 bits per heavy atom. The molecular formula is C17H25NOS. The van der Waals surface area contributed by atoms with Crippen LogP contribution in [-0.2, 0) is 6.54 Å². The van der Waals surface area contributed by atoms with Crippen LogP contribution in [0.1, 0.15) is 49.5 Å². The largest absolute Gasteiger partial charge is 0.395 e. The van der Waals surface area contributed by atoms with Gasteiger partial charge in [-0.2, -0.15) is 0 Å². The van der Waals surface area contributed by atoms with Gasteiger partial charge in [-0.15, -0.1) is 11.3 Å². The zero-order chi connectivity index (χ0) is 14.4. The minimum absolute atomic E-state index is 0.145. The van der Waals surface area contributed by atoms with Crippen LogP contribution in [0.15, 0.2) is 11.4 Å². The molecule has 2 rings (SSSR count). The van der Waals surface area contributed by atoms with Gasteiger partial charge in [0.2, 0.25) is 0 Å². The molecule has 0 amide bonds. The van der Waals surface area contributed by atoms with Gasteiger partial charge in [-0.1, -0.05) is 31.6 Å². The smallest absolute Gasteiger partial charge is 0.0540 e. The lowest BCUT2D eigenvalue weighted by Gasteiger charge is -2.36. The Morgan fingerprint density at radius 3 is 2.95 bits per heavy atom. The molecule has 2 nitrogen and oxygen atoms in total. The summed E-state index contributed by atoms with van der Waals surface area (Å²) in [4.78, 5) is 3.90. The van der Waals surface area contributed by atoms with Crippen molar-refractivity contribution in [3.8, 4) is 11.8 Å². The Balaban J connectivity index is 1.91. The lowest BCUT2D eigenvalue weighted by molar-refractivity contribution is 0.134. The predicted molar refractivity (Wildman–Crippen MR) is 85.8 cm³/mol. The summed E-state index contributed by atoms with van der Waals surface area (Å²) in [6, 6.07) is 2.92. The van der Waals surface area contributed by atoms with Crippen LogP contribution in [0.3, 0.4) is 0 Å². The normalized spacial score (nSPS) is 22.6. The van der Waals surface area contributed by atoms with E-state index in [0.29, 0.717) is 6.42 Å². The predicted octanol–water partition coefficient (Wildman–Crippen LogP) is 3.49. The van der Waals surface area contributed by atoms with E-state index >= 15 is 0 Å². The number of thiophene rings is 1. The molecule has 1 aliphatic carbocycles. The molecule has 0 radical (unpaired) electrons. The first-order valence-electron chi connectivity index (χ1n) is 7.58. The second-order valence-corrected chi connectivity index (χ2v) is 6.82. The summed E-state index contributed by atoms with van der Waals surface area (Å²) in [5.74, 6) is 6.91. The van der Waals surface area contributed by atoms with Crippen LogP contribution < -0.4 is 0 Å². The molecule has 1 aromatic heterocycles. The van der Waals surface area contributed by atoms with E-state index in [1.807, 2.05) is 0 Å². The summed E-state index contributed by atoms with van der Waals surface area (Å²) in [5, 5.41) is 10.9. The quantitative estimate of drug-likeness (QED) is 0.858. The topological polar surface area (TPSA) is 23.5 Å². The highest BCUT2D eigenvalue weighted by Gasteiger charge is 2.24. The average molecular weight is 291 g/mol. The van der Waals surface area contributed by atoms with Gasteiger partial charge < -0.3 is 5.11 Å². The molecule has 1 aromatic rings. The Hall–Kier alpha value is -0.820. The van der Waals surface area contributed by atoms with Gasteiger partial charge in [0.25, 0.3) is 0 Å². The van der Waals surface area contributed by atoms with Gasteiger partial charge in [-0.25, -0.2) is 0 Å². The van der Waals surface area contributed by atoms with Crippen molar-refractivity contribution < 1.29 is 5.11 Å². The van der Waals surface area contributed by atoms with Crippen LogP contribution in [0.25, 0.3) is 0 Å². The first kappa shape index (κ1) is 15.6. The maximum Gasteiger partial charge on any atom is 0.0540 e. The highest BCUT2D eigenvalue weighted by Crippen LogP contribution is 2.29. The number of rotatable bonds is 4. The third-order valence-electron chi connectivity index (χ3n) is 4.16. The molecule has 2 atom stereocenters. The van der Waals surface area contributed by atoms with Crippen LogP contribution in [0.4, 0.5) is 0 Å². The standard InChI is InChI=1S/C17H25NOS/c1-14-7-3-4-9-17(14)18(2)12-16-11-15(13-20-16)8-5-6-10-19/h11,13-14,17,19H,3-4,6-7,9-10,12H2,1-2H3. The third-order valence-corrected chi connectivity index (χ3v) is 5.08. The number of aliphatic hydroxyl groups excluding tert-OH is 1. The van der Waals surface area contributed by atoms with E-state index in [-0.39, 0.29) is 6.61 Å². The molecule has 0 saturated heterocycles. The second kappa shape index (κ2) is 7.83. The van der Waals surface area contributed by atoms with Gasteiger partial charge in [0.05, 0.1) is 6.61 Å². The van der Waals surface area contributed by atoms with Gasteiger partial charge in [0.15, 0.2) is 0 Å². The molecule has 0 aliphatic heterocycles. The summed E-state index contributed by atoms with van der Waals surface area (Å²) in [5.41, 5.74) is 1.09. The maximum atomic E-state index is 8.73. The van der Waals surface area contributed by atoms with Gasteiger partial charge in [-0.05, 0) is 31.9 Å². The van der Waals surface area contributed by atoms with Gasteiger partial charge in [-0.3, -0.25) is 4.90 Å². The van der Waals surface area contributed by atoms with E-state index < -0.39 is 0 Å². The fourth-order valence-electron chi connectivity index (χ4n) is 3.06. The second-order valence-electron chi connectivity index (χ2n) is 5.82. The van der Waals surface area contributed by atoms with Crippen molar-refractivity contribution in [2.45, 2.75) is 51.6 Å². The molecular weight excluding hydrogens is 266 g/mol. The van der Waals surface area contributed by atoms with Crippen molar-refractivity contribution in [1.29, 1.82) is 0 Å². The SMILES string of the molecule is CC1CCCCC1N(C)Cc1cc(C#CCCO)cs1. The lowest BCUT2D eigenvalue weighted by Crippen LogP contribution is -2.38. The van der Waals surface area contributed by atoms with Crippen molar-refractivity contribution in [1.82, 2.24) is 4.90 Å². The minimum Gasteiger partial charge on any atom is -0.395 e. The zero-order valence-electron chi connectivity index (χ0n) is 12.6. The molecule has 1 heterocycles. The molecule has 0 aromatic carbocycles. The number of aliphatic hydroxyl groups is 1. The van der Waals surface area contributed by atoms with Crippen LogP contribution >= 0.6 is 11.3 Å². The van der Waals surface area contributed by atoms with E-state index in [2.05, 4.69) is 42.2 Å². The summed E-state index contributed by atoms with van der Waals surface area (Å²) in [6.07, 6.45) is 6.05. The Labute approximate surface area is 126 Å². The molecule has 0 bridgehead atoms. The first-order valence-corrected chi connectivity index (χ1v) is 8.46. The van der Waals surface area contributed by atoms with Crippen molar-refractivity contribution in [3.63, 3.8) is 0 Å². The molecule has 0 spiro atoms. The minimum atomic E-state index is 0.145. The van der Waals surface area contributed by atoms with Gasteiger partial charge >= 0.3 is 0 Å². The lowest BCUT2D eigenvalue weighted by atomic mass is 9.85. The van der Waals surface area contributed by atoms with Crippen molar-refractivity contribution in [2.24, 2.45) is 5.92 Å². The first-order chi connectivity index (χ1) is 9.70.